The molecule has 1 aromatic carbocycles. The predicted octanol–water partition coefficient (Wildman–Crippen LogP) is 4.35. The minimum atomic E-state index is -0.158. The first kappa shape index (κ1) is 16.7. The molecule has 1 aromatic rings. The Balaban J connectivity index is 2.05. The first-order chi connectivity index (χ1) is 9.69. The number of rotatable bonds is 6. The van der Waals surface area contributed by atoms with Gasteiger partial charge in [-0.25, -0.2) is 4.39 Å². The number of hydrogen-bond donors (Lipinski definition) is 1. The Morgan fingerprint density at radius 2 is 2.25 bits per heavy atom. The number of nitrogens with one attached hydrogen (secondary N) is 1. The highest BCUT2D eigenvalue weighted by atomic mass is 79.9. The van der Waals surface area contributed by atoms with Crippen molar-refractivity contribution in [3.63, 3.8) is 0 Å². The van der Waals surface area contributed by atoms with E-state index in [4.69, 9.17) is 0 Å². The molecule has 20 heavy (non-hydrogen) atoms. The van der Waals surface area contributed by atoms with E-state index in [0.717, 1.165) is 29.4 Å². The van der Waals surface area contributed by atoms with Crippen LogP contribution in [0, 0.1) is 5.82 Å². The zero-order valence-electron chi connectivity index (χ0n) is 11.7. The molecular formula is C15H21BrFNS2. The number of hydrogen-bond acceptors (Lipinski definition) is 3. The van der Waals surface area contributed by atoms with Gasteiger partial charge < -0.3 is 5.32 Å². The molecule has 1 N–H and O–H groups in total. The second-order valence-corrected chi connectivity index (χ2v) is 8.44. The lowest BCUT2D eigenvalue weighted by Crippen LogP contribution is -2.43. The molecule has 5 heteroatoms. The summed E-state index contributed by atoms with van der Waals surface area (Å²) < 4.78 is 14.3. The third kappa shape index (κ3) is 5.24. The fourth-order valence-electron chi connectivity index (χ4n) is 2.39. The Bertz CT molecular complexity index is 404. The summed E-state index contributed by atoms with van der Waals surface area (Å²) in [4.78, 5) is 0. The molecule has 2 atom stereocenters. The maximum Gasteiger partial charge on any atom is 0.124 e. The molecular weight excluding hydrogens is 357 g/mol. The van der Waals surface area contributed by atoms with Crippen LogP contribution in [-0.2, 0) is 6.42 Å². The highest BCUT2D eigenvalue weighted by molar-refractivity contribution is 9.10. The van der Waals surface area contributed by atoms with E-state index in [1.54, 1.807) is 6.07 Å². The van der Waals surface area contributed by atoms with Gasteiger partial charge in [-0.1, -0.05) is 22.9 Å². The minimum absolute atomic E-state index is 0.158. The Hall–Kier alpha value is 0.290. The van der Waals surface area contributed by atoms with Gasteiger partial charge in [-0.05, 0) is 43.1 Å². The quantitative estimate of drug-likeness (QED) is 0.791. The summed E-state index contributed by atoms with van der Waals surface area (Å²) in [5, 5.41) is 4.28. The van der Waals surface area contributed by atoms with Gasteiger partial charge in [0.25, 0.3) is 0 Å². The molecule has 0 bridgehead atoms. The SMILES string of the molecule is CCCNC(Cc1cc(F)cc(Br)c1)C1CSCCS1. The summed E-state index contributed by atoms with van der Waals surface area (Å²) >= 11 is 7.48. The van der Waals surface area contributed by atoms with Crippen molar-refractivity contribution in [1.82, 2.24) is 5.32 Å². The van der Waals surface area contributed by atoms with Crippen molar-refractivity contribution in [1.29, 1.82) is 0 Å². The van der Waals surface area contributed by atoms with Gasteiger partial charge in [0.05, 0.1) is 0 Å². The van der Waals surface area contributed by atoms with Gasteiger partial charge >= 0.3 is 0 Å². The van der Waals surface area contributed by atoms with E-state index in [0.29, 0.717) is 11.3 Å². The number of thioether (sulfide) groups is 2. The molecule has 2 unspecified atom stereocenters. The van der Waals surface area contributed by atoms with Crippen LogP contribution in [0.15, 0.2) is 22.7 Å². The van der Waals surface area contributed by atoms with Gasteiger partial charge in [-0.15, -0.1) is 0 Å². The first-order valence-corrected chi connectivity index (χ1v) is 10.1. The van der Waals surface area contributed by atoms with Crippen LogP contribution in [0.1, 0.15) is 18.9 Å². The minimum Gasteiger partial charge on any atom is -0.313 e. The van der Waals surface area contributed by atoms with E-state index < -0.39 is 0 Å². The van der Waals surface area contributed by atoms with Crippen LogP contribution in [0.5, 0.6) is 0 Å². The average molecular weight is 378 g/mol. The van der Waals surface area contributed by atoms with Crippen LogP contribution in [0.25, 0.3) is 0 Å². The van der Waals surface area contributed by atoms with E-state index in [2.05, 4.69) is 39.9 Å². The second kappa shape index (κ2) is 8.66. The molecule has 0 amide bonds. The zero-order valence-corrected chi connectivity index (χ0v) is 14.9. The summed E-state index contributed by atoms with van der Waals surface area (Å²) in [7, 11) is 0. The maximum absolute atomic E-state index is 13.5. The molecule has 0 radical (unpaired) electrons. The predicted molar refractivity (Wildman–Crippen MR) is 93.5 cm³/mol. The third-order valence-corrected chi connectivity index (χ3v) is 6.70. The fraction of sp³-hybridized carbons (Fsp3) is 0.600. The highest BCUT2D eigenvalue weighted by Crippen LogP contribution is 2.28. The lowest BCUT2D eigenvalue weighted by atomic mass is 10.0. The zero-order chi connectivity index (χ0) is 14.4. The summed E-state index contributed by atoms with van der Waals surface area (Å²) in [5.74, 6) is 3.52. The highest BCUT2D eigenvalue weighted by Gasteiger charge is 2.24. The maximum atomic E-state index is 13.5. The lowest BCUT2D eigenvalue weighted by molar-refractivity contribution is 0.504. The molecule has 2 rings (SSSR count). The molecule has 1 nitrogen and oxygen atoms in total. The molecule has 1 aliphatic rings. The van der Waals surface area contributed by atoms with Crippen molar-refractivity contribution in [2.45, 2.75) is 31.1 Å². The van der Waals surface area contributed by atoms with Crippen LogP contribution in [0.4, 0.5) is 4.39 Å². The van der Waals surface area contributed by atoms with Gasteiger partial charge in [0.2, 0.25) is 0 Å². The summed E-state index contributed by atoms with van der Waals surface area (Å²) in [6.07, 6.45) is 2.03. The number of benzene rings is 1. The lowest BCUT2D eigenvalue weighted by Gasteiger charge is -2.30. The molecule has 0 spiro atoms. The van der Waals surface area contributed by atoms with Crippen molar-refractivity contribution in [2.75, 3.05) is 23.8 Å². The smallest absolute Gasteiger partial charge is 0.124 e. The Kier molecular flexibility index (Phi) is 7.22. The van der Waals surface area contributed by atoms with Crippen LogP contribution >= 0.6 is 39.5 Å². The normalized spacial score (nSPS) is 20.9. The van der Waals surface area contributed by atoms with Crippen LogP contribution < -0.4 is 5.32 Å². The molecule has 1 saturated heterocycles. The van der Waals surface area contributed by atoms with E-state index in [1.165, 1.54) is 23.3 Å². The van der Waals surface area contributed by atoms with Gasteiger partial charge in [0, 0.05) is 33.0 Å². The van der Waals surface area contributed by atoms with Gasteiger partial charge in [-0.3, -0.25) is 0 Å². The van der Waals surface area contributed by atoms with E-state index in [9.17, 15) is 4.39 Å². The van der Waals surface area contributed by atoms with Crippen LogP contribution in [0.2, 0.25) is 0 Å². The fourth-order valence-corrected chi connectivity index (χ4v) is 5.79. The first-order valence-electron chi connectivity index (χ1n) is 7.06. The average Bonchev–Trinajstić information content (AvgIpc) is 2.43. The second-order valence-electron chi connectivity index (χ2n) is 5.03. The van der Waals surface area contributed by atoms with Crippen LogP contribution in [0.3, 0.4) is 0 Å². The molecule has 1 fully saturated rings. The molecule has 0 saturated carbocycles. The van der Waals surface area contributed by atoms with E-state index >= 15 is 0 Å². The summed E-state index contributed by atoms with van der Waals surface area (Å²) in [6, 6.07) is 5.64. The summed E-state index contributed by atoms with van der Waals surface area (Å²) in [5.41, 5.74) is 1.07. The monoisotopic (exact) mass is 377 g/mol. The molecule has 0 aliphatic carbocycles. The van der Waals surface area contributed by atoms with Crippen molar-refractivity contribution >= 4 is 39.5 Å². The Labute approximate surface area is 138 Å². The third-order valence-electron chi connectivity index (χ3n) is 3.32. The molecule has 112 valence electrons. The number of halogens is 2. The van der Waals surface area contributed by atoms with Crippen molar-refractivity contribution < 1.29 is 4.39 Å². The molecule has 1 aliphatic heterocycles. The van der Waals surface area contributed by atoms with Crippen molar-refractivity contribution in [3.05, 3.63) is 34.1 Å². The van der Waals surface area contributed by atoms with Crippen LogP contribution in [-0.4, -0.2) is 35.1 Å². The van der Waals surface area contributed by atoms with E-state index in [-0.39, 0.29) is 5.82 Å². The van der Waals surface area contributed by atoms with Gasteiger partial charge in [0.15, 0.2) is 0 Å². The van der Waals surface area contributed by atoms with Gasteiger partial charge in [0.1, 0.15) is 5.82 Å². The Morgan fingerprint density at radius 1 is 1.40 bits per heavy atom. The van der Waals surface area contributed by atoms with Crippen molar-refractivity contribution in [2.24, 2.45) is 0 Å². The summed E-state index contributed by atoms with van der Waals surface area (Å²) in [6.45, 7) is 3.22. The Morgan fingerprint density at radius 3 is 2.90 bits per heavy atom. The van der Waals surface area contributed by atoms with Crippen molar-refractivity contribution in [3.8, 4) is 0 Å². The standard InChI is InChI=1S/C15H21BrFNS2/c1-2-3-18-14(15-10-19-4-5-20-15)8-11-6-12(16)9-13(17)7-11/h6-7,9,14-15,18H,2-5,8,10H2,1H3. The topological polar surface area (TPSA) is 12.0 Å². The van der Waals surface area contributed by atoms with E-state index in [1.807, 2.05) is 17.8 Å². The van der Waals surface area contributed by atoms with Gasteiger partial charge in [-0.2, -0.15) is 23.5 Å². The largest absolute Gasteiger partial charge is 0.313 e. The molecule has 1 heterocycles. The molecule has 0 aromatic heterocycles.